The van der Waals surface area contributed by atoms with Crippen LogP contribution in [-0.2, 0) is 4.74 Å². The maximum Gasteiger partial charge on any atom is 0.0701 e. The first-order valence-electron chi connectivity index (χ1n) is 7.72. The van der Waals surface area contributed by atoms with E-state index in [4.69, 9.17) is 15.6 Å². The van der Waals surface area contributed by atoms with Gasteiger partial charge in [0.15, 0.2) is 0 Å². The number of ether oxygens (including phenoxy) is 1. The number of aliphatic hydroxyl groups is 1. The van der Waals surface area contributed by atoms with Crippen molar-refractivity contribution in [3.63, 3.8) is 0 Å². The van der Waals surface area contributed by atoms with Gasteiger partial charge in [-0.25, -0.2) is 0 Å². The molecule has 0 aromatic carbocycles. The van der Waals surface area contributed by atoms with E-state index >= 15 is 0 Å². The molecule has 1 aliphatic rings. The van der Waals surface area contributed by atoms with Crippen molar-refractivity contribution in [1.29, 1.82) is 0 Å². The lowest BCUT2D eigenvalue weighted by molar-refractivity contribution is -0.00795. The van der Waals surface area contributed by atoms with Gasteiger partial charge in [-0.1, -0.05) is 20.3 Å². The molecule has 4 heteroatoms. The Morgan fingerprint density at radius 3 is 2.53 bits per heavy atom. The highest BCUT2D eigenvalue weighted by atomic mass is 16.5. The minimum atomic E-state index is 0.136. The minimum absolute atomic E-state index is 0.136. The lowest BCUT2D eigenvalue weighted by atomic mass is 9.87. The Morgan fingerprint density at radius 2 is 1.95 bits per heavy atom. The summed E-state index contributed by atoms with van der Waals surface area (Å²) in [5, 5.41) is 8.73. The van der Waals surface area contributed by atoms with Crippen LogP contribution in [0.2, 0.25) is 0 Å². The van der Waals surface area contributed by atoms with Gasteiger partial charge in [0.25, 0.3) is 0 Å². The Bertz CT molecular complexity index is 226. The first-order chi connectivity index (χ1) is 9.07. The summed E-state index contributed by atoms with van der Waals surface area (Å²) in [4.78, 5) is 2.54. The lowest BCUT2D eigenvalue weighted by Gasteiger charge is -2.32. The van der Waals surface area contributed by atoms with Crippen LogP contribution in [0.15, 0.2) is 0 Å². The molecule has 0 aliphatic carbocycles. The van der Waals surface area contributed by atoms with E-state index in [0.29, 0.717) is 18.1 Å². The lowest BCUT2D eigenvalue weighted by Crippen LogP contribution is -2.38. The summed E-state index contributed by atoms with van der Waals surface area (Å²) in [5.74, 6) is 0. The van der Waals surface area contributed by atoms with Crippen LogP contribution in [0, 0.1) is 5.41 Å². The Balaban J connectivity index is 2.03. The van der Waals surface area contributed by atoms with Crippen molar-refractivity contribution in [2.75, 3.05) is 39.4 Å². The molecule has 0 unspecified atom stereocenters. The SMILES string of the molecule is CC(C)(CN)CCCCN1CCC(OCCO)CC1. The van der Waals surface area contributed by atoms with Gasteiger partial charge in [-0.2, -0.15) is 0 Å². The third kappa shape index (κ3) is 7.25. The number of piperidine rings is 1. The van der Waals surface area contributed by atoms with Crippen molar-refractivity contribution in [2.24, 2.45) is 11.1 Å². The molecular weight excluding hydrogens is 240 g/mol. The summed E-state index contributed by atoms with van der Waals surface area (Å²) in [6.45, 7) is 9.37. The van der Waals surface area contributed by atoms with Crippen LogP contribution >= 0.6 is 0 Å². The number of unbranched alkanes of at least 4 members (excludes halogenated alkanes) is 1. The summed E-state index contributed by atoms with van der Waals surface area (Å²) in [7, 11) is 0. The van der Waals surface area contributed by atoms with Crippen molar-refractivity contribution >= 4 is 0 Å². The van der Waals surface area contributed by atoms with E-state index in [2.05, 4.69) is 18.7 Å². The van der Waals surface area contributed by atoms with Crippen LogP contribution < -0.4 is 5.73 Å². The van der Waals surface area contributed by atoms with Crippen molar-refractivity contribution in [3.8, 4) is 0 Å². The van der Waals surface area contributed by atoms with E-state index in [1.807, 2.05) is 0 Å². The molecule has 0 radical (unpaired) electrons. The van der Waals surface area contributed by atoms with E-state index < -0.39 is 0 Å². The summed E-state index contributed by atoms with van der Waals surface area (Å²) < 4.78 is 5.57. The predicted molar refractivity (Wildman–Crippen MR) is 79.2 cm³/mol. The summed E-state index contributed by atoms with van der Waals surface area (Å²) in [6.07, 6.45) is 6.33. The number of hydrogen-bond acceptors (Lipinski definition) is 4. The highest BCUT2D eigenvalue weighted by Crippen LogP contribution is 2.21. The Morgan fingerprint density at radius 1 is 1.26 bits per heavy atom. The van der Waals surface area contributed by atoms with E-state index in [0.717, 1.165) is 32.5 Å². The zero-order chi connectivity index (χ0) is 14.1. The zero-order valence-corrected chi connectivity index (χ0v) is 12.7. The fraction of sp³-hybridized carbons (Fsp3) is 1.00. The second kappa shape index (κ2) is 8.90. The van der Waals surface area contributed by atoms with Crippen molar-refractivity contribution in [1.82, 2.24) is 4.90 Å². The van der Waals surface area contributed by atoms with Gasteiger partial charge < -0.3 is 20.5 Å². The summed E-state index contributed by atoms with van der Waals surface area (Å²) >= 11 is 0. The molecule has 4 nitrogen and oxygen atoms in total. The van der Waals surface area contributed by atoms with Gasteiger partial charge in [-0.3, -0.25) is 0 Å². The van der Waals surface area contributed by atoms with Crippen molar-refractivity contribution < 1.29 is 9.84 Å². The van der Waals surface area contributed by atoms with E-state index in [1.165, 1.54) is 25.8 Å². The molecule has 1 fully saturated rings. The summed E-state index contributed by atoms with van der Waals surface area (Å²) in [6, 6.07) is 0. The van der Waals surface area contributed by atoms with Gasteiger partial charge in [0, 0.05) is 13.1 Å². The van der Waals surface area contributed by atoms with Gasteiger partial charge in [0.2, 0.25) is 0 Å². The molecule has 1 saturated heterocycles. The number of rotatable bonds is 9. The molecule has 0 saturated carbocycles. The van der Waals surface area contributed by atoms with E-state index in [-0.39, 0.29) is 6.61 Å². The molecule has 0 amide bonds. The molecule has 1 aliphatic heterocycles. The van der Waals surface area contributed by atoms with E-state index in [1.54, 1.807) is 0 Å². The molecule has 1 rings (SSSR count). The van der Waals surface area contributed by atoms with Crippen molar-refractivity contribution in [3.05, 3.63) is 0 Å². The molecule has 19 heavy (non-hydrogen) atoms. The first kappa shape index (κ1) is 16.9. The molecular formula is C15H32N2O2. The molecule has 0 spiro atoms. The molecule has 0 atom stereocenters. The average molecular weight is 272 g/mol. The summed E-state index contributed by atoms with van der Waals surface area (Å²) in [5.41, 5.74) is 6.04. The molecule has 1 heterocycles. The highest BCUT2D eigenvalue weighted by molar-refractivity contribution is 4.73. The number of hydrogen-bond donors (Lipinski definition) is 2. The maximum atomic E-state index is 8.73. The van der Waals surface area contributed by atoms with Gasteiger partial charge in [0.1, 0.15) is 0 Å². The Hall–Kier alpha value is -0.160. The fourth-order valence-electron chi connectivity index (χ4n) is 2.56. The van der Waals surface area contributed by atoms with Gasteiger partial charge in [-0.05, 0) is 44.2 Å². The normalized spacial score (nSPS) is 18.9. The molecule has 0 bridgehead atoms. The molecule has 0 aromatic rings. The van der Waals surface area contributed by atoms with Crippen molar-refractivity contribution in [2.45, 2.75) is 52.1 Å². The van der Waals surface area contributed by atoms with Crippen LogP contribution in [-0.4, -0.2) is 55.5 Å². The smallest absolute Gasteiger partial charge is 0.0701 e. The predicted octanol–water partition coefficient (Wildman–Crippen LogP) is 1.61. The van der Waals surface area contributed by atoms with Crippen LogP contribution in [0.3, 0.4) is 0 Å². The minimum Gasteiger partial charge on any atom is -0.394 e. The highest BCUT2D eigenvalue weighted by Gasteiger charge is 2.19. The number of nitrogens with zero attached hydrogens (tertiary/aromatic N) is 1. The first-order valence-corrected chi connectivity index (χ1v) is 7.72. The Kier molecular flexibility index (Phi) is 7.91. The quantitative estimate of drug-likeness (QED) is 0.626. The van der Waals surface area contributed by atoms with Gasteiger partial charge >= 0.3 is 0 Å². The second-order valence-electron chi connectivity index (χ2n) is 6.46. The third-order valence-corrected chi connectivity index (χ3v) is 4.11. The number of aliphatic hydroxyl groups excluding tert-OH is 1. The van der Waals surface area contributed by atoms with Gasteiger partial charge in [0.05, 0.1) is 19.3 Å². The molecule has 0 aromatic heterocycles. The fourth-order valence-corrected chi connectivity index (χ4v) is 2.56. The Labute approximate surface area is 118 Å². The monoisotopic (exact) mass is 272 g/mol. The molecule has 114 valence electrons. The van der Waals surface area contributed by atoms with Gasteiger partial charge in [-0.15, -0.1) is 0 Å². The third-order valence-electron chi connectivity index (χ3n) is 4.11. The number of nitrogens with two attached hydrogens (primary N) is 1. The number of likely N-dealkylation sites (tertiary alicyclic amines) is 1. The van der Waals surface area contributed by atoms with Crippen LogP contribution in [0.4, 0.5) is 0 Å². The largest absolute Gasteiger partial charge is 0.394 e. The zero-order valence-electron chi connectivity index (χ0n) is 12.7. The van der Waals surface area contributed by atoms with Crippen LogP contribution in [0.1, 0.15) is 46.0 Å². The second-order valence-corrected chi connectivity index (χ2v) is 6.46. The van der Waals surface area contributed by atoms with Crippen LogP contribution in [0.5, 0.6) is 0 Å². The maximum absolute atomic E-state index is 8.73. The van der Waals surface area contributed by atoms with Crippen LogP contribution in [0.25, 0.3) is 0 Å². The van der Waals surface area contributed by atoms with E-state index in [9.17, 15) is 0 Å². The average Bonchev–Trinajstić information content (AvgIpc) is 2.42. The standard InChI is InChI=1S/C15H32N2O2/c1-15(2,13-16)7-3-4-8-17-9-5-14(6-10-17)19-12-11-18/h14,18H,3-13,16H2,1-2H3. The topological polar surface area (TPSA) is 58.7 Å². The molecule has 3 N–H and O–H groups in total.